The normalized spacial score (nSPS) is 25.3. The van der Waals surface area contributed by atoms with Crippen LogP contribution >= 0.6 is 0 Å². The summed E-state index contributed by atoms with van der Waals surface area (Å²) in [6, 6.07) is -0.652. The third kappa shape index (κ3) is 12.3. The third-order valence-corrected chi connectivity index (χ3v) is 11.7. The van der Waals surface area contributed by atoms with Crippen LogP contribution in [0.25, 0.3) is 0 Å². The smallest absolute Gasteiger partial charge is 0.234 e. The van der Waals surface area contributed by atoms with Crippen LogP contribution in [0.15, 0.2) is 0 Å². The lowest BCUT2D eigenvalue weighted by Crippen LogP contribution is -2.55. The molecule has 13 heteroatoms. The molecule has 4 N–H and O–H groups in total. The first-order valence-corrected chi connectivity index (χ1v) is 19.0. The summed E-state index contributed by atoms with van der Waals surface area (Å²) >= 11 is 0. The average Bonchev–Trinajstić information content (AvgIpc) is 3.00. The fraction of sp³-hybridized carbons (Fsp3) is 0.909. The summed E-state index contributed by atoms with van der Waals surface area (Å²) in [5.74, 6) is -1.56. The van der Waals surface area contributed by atoms with E-state index < -0.39 is 39.3 Å². The molecule has 0 saturated heterocycles. The Balaban J connectivity index is 2.31. The maximum atomic E-state index is 14.0. The largest absolute Gasteiger partial charge is 0.393 e. The van der Waals surface area contributed by atoms with Gasteiger partial charge in [-0.1, -0.05) is 34.6 Å². The number of amides is 3. The first-order chi connectivity index (χ1) is 21.6. The lowest BCUT2D eigenvalue weighted by Gasteiger charge is -2.38. The second-order valence-electron chi connectivity index (χ2n) is 14.1. The SMILES string of the molecule is CCCN(CCC)C(=O)C1CC(C(=O)NC(CC2CCC(O)CC2)C(O)CN(CC)NC(=O)CC(C)C)CC(S(=O)(=O)N(C)C)C1. The minimum atomic E-state index is -3.73. The van der Waals surface area contributed by atoms with Crippen molar-refractivity contribution in [2.45, 2.75) is 129 Å². The van der Waals surface area contributed by atoms with E-state index in [0.29, 0.717) is 45.3 Å². The molecule has 0 heterocycles. The highest BCUT2D eigenvalue weighted by atomic mass is 32.2. The van der Waals surface area contributed by atoms with Gasteiger partial charge in [0.25, 0.3) is 0 Å². The van der Waals surface area contributed by atoms with E-state index in [9.17, 15) is 33.0 Å². The van der Waals surface area contributed by atoms with Crippen LogP contribution in [0.3, 0.4) is 0 Å². The number of carbonyl (C=O) groups excluding carboxylic acids is 3. The molecule has 5 atom stereocenters. The monoisotopic (exact) mass is 673 g/mol. The van der Waals surface area contributed by atoms with Gasteiger partial charge in [-0.15, -0.1) is 0 Å². The fourth-order valence-corrected chi connectivity index (χ4v) is 8.45. The third-order valence-electron chi connectivity index (χ3n) is 9.47. The Labute approximate surface area is 278 Å². The van der Waals surface area contributed by atoms with Crippen molar-refractivity contribution in [1.29, 1.82) is 0 Å². The minimum absolute atomic E-state index is 0.0997. The molecular weight excluding hydrogens is 610 g/mol. The summed E-state index contributed by atoms with van der Waals surface area (Å²) in [7, 11) is -0.782. The Bertz CT molecular complexity index is 1060. The lowest BCUT2D eigenvalue weighted by atomic mass is 9.79. The Morgan fingerprint density at radius 3 is 2.02 bits per heavy atom. The van der Waals surface area contributed by atoms with E-state index in [1.54, 1.807) is 9.91 Å². The van der Waals surface area contributed by atoms with E-state index in [4.69, 9.17) is 0 Å². The molecule has 0 bridgehead atoms. The summed E-state index contributed by atoms with van der Waals surface area (Å²) < 4.78 is 27.9. The molecule has 0 aromatic rings. The van der Waals surface area contributed by atoms with E-state index in [1.807, 2.05) is 34.6 Å². The zero-order chi connectivity index (χ0) is 34.6. The van der Waals surface area contributed by atoms with Gasteiger partial charge in [-0.3, -0.25) is 19.8 Å². The van der Waals surface area contributed by atoms with Gasteiger partial charge in [-0.25, -0.2) is 17.7 Å². The predicted octanol–water partition coefficient (Wildman–Crippen LogP) is 2.50. The van der Waals surface area contributed by atoms with Crippen LogP contribution in [0, 0.1) is 23.7 Å². The summed E-state index contributed by atoms with van der Waals surface area (Å²) in [5.41, 5.74) is 2.87. The maximum absolute atomic E-state index is 14.0. The van der Waals surface area contributed by atoms with Crippen LogP contribution in [0.5, 0.6) is 0 Å². The van der Waals surface area contributed by atoms with Crippen LogP contribution in [0.4, 0.5) is 0 Å². The molecule has 0 radical (unpaired) electrons. The number of aliphatic hydroxyl groups excluding tert-OH is 2. The Kier molecular flexibility index (Phi) is 16.9. The van der Waals surface area contributed by atoms with E-state index in [0.717, 1.165) is 25.7 Å². The number of hydrazine groups is 1. The van der Waals surface area contributed by atoms with Crippen LogP contribution in [-0.2, 0) is 24.4 Å². The standard InChI is InChI=1S/C33H63N5O7S/c1-8-15-37(16-9-2)33(43)26-19-25(20-28(21-26)46(44,45)36(6)7)32(42)34-29(18-24-11-13-27(39)14-12-24)30(40)22-38(10-3)35-31(41)17-23(4)5/h23-30,39-40H,8-22H2,1-7H3,(H,34,42)(H,35,41). The van der Waals surface area contributed by atoms with Crippen molar-refractivity contribution in [3.05, 3.63) is 0 Å². The van der Waals surface area contributed by atoms with E-state index in [-0.39, 0.29) is 61.5 Å². The average molecular weight is 674 g/mol. The fourth-order valence-electron chi connectivity index (χ4n) is 6.91. The zero-order valence-electron chi connectivity index (χ0n) is 29.4. The molecule has 3 amide bonds. The number of aliphatic hydroxyl groups is 2. The van der Waals surface area contributed by atoms with Crippen molar-refractivity contribution in [1.82, 2.24) is 25.0 Å². The lowest BCUT2D eigenvalue weighted by molar-refractivity contribution is -0.138. The first-order valence-electron chi connectivity index (χ1n) is 17.5. The topological polar surface area (TPSA) is 160 Å². The van der Waals surface area contributed by atoms with Gasteiger partial charge in [-0.05, 0) is 76.0 Å². The molecule has 0 aromatic carbocycles. The molecule has 0 aromatic heterocycles. The first kappa shape index (κ1) is 40.4. The molecule has 2 aliphatic rings. The highest BCUT2D eigenvalue weighted by Crippen LogP contribution is 2.36. The van der Waals surface area contributed by atoms with Gasteiger partial charge in [0.2, 0.25) is 27.7 Å². The molecule has 12 nitrogen and oxygen atoms in total. The van der Waals surface area contributed by atoms with Crippen LogP contribution in [0.1, 0.15) is 105 Å². The van der Waals surface area contributed by atoms with Crippen LogP contribution in [-0.4, -0.2) is 114 Å². The van der Waals surface area contributed by atoms with E-state index in [2.05, 4.69) is 10.7 Å². The van der Waals surface area contributed by atoms with Crippen molar-refractivity contribution >= 4 is 27.7 Å². The Morgan fingerprint density at radius 1 is 0.913 bits per heavy atom. The highest BCUT2D eigenvalue weighted by Gasteiger charge is 2.44. The number of sulfonamides is 1. The molecule has 2 rings (SSSR count). The number of hydrogen-bond donors (Lipinski definition) is 4. The van der Waals surface area contributed by atoms with Crippen molar-refractivity contribution in [3.8, 4) is 0 Å². The molecule has 0 spiro atoms. The summed E-state index contributed by atoms with van der Waals surface area (Å²) in [6.07, 6.45) is 4.45. The molecule has 2 saturated carbocycles. The second-order valence-corrected chi connectivity index (χ2v) is 16.6. The van der Waals surface area contributed by atoms with E-state index >= 15 is 0 Å². The van der Waals surface area contributed by atoms with Gasteiger partial charge < -0.3 is 20.4 Å². The number of rotatable bonds is 18. The Hall–Kier alpha value is -1.80. The van der Waals surface area contributed by atoms with Gasteiger partial charge >= 0.3 is 0 Å². The van der Waals surface area contributed by atoms with E-state index in [1.165, 1.54) is 18.4 Å². The summed E-state index contributed by atoms with van der Waals surface area (Å²) in [4.78, 5) is 42.0. The predicted molar refractivity (Wildman–Crippen MR) is 180 cm³/mol. The van der Waals surface area contributed by atoms with Gasteiger partial charge in [0.15, 0.2) is 0 Å². The molecule has 46 heavy (non-hydrogen) atoms. The number of hydrogen-bond acceptors (Lipinski definition) is 8. The van der Waals surface area contributed by atoms with Crippen molar-refractivity contribution in [3.63, 3.8) is 0 Å². The molecule has 5 unspecified atom stereocenters. The van der Waals surface area contributed by atoms with Gasteiger partial charge in [-0.2, -0.15) is 0 Å². The number of likely N-dealkylation sites (N-methyl/N-ethyl adjacent to an activating group) is 1. The summed E-state index contributed by atoms with van der Waals surface area (Å²) in [5, 5.41) is 25.4. The molecule has 0 aliphatic heterocycles. The summed E-state index contributed by atoms with van der Waals surface area (Å²) in [6.45, 7) is 11.5. The molecule has 2 aliphatic carbocycles. The maximum Gasteiger partial charge on any atom is 0.234 e. The Morgan fingerprint density at radius 2 is 1.50 bits per heavy atom. The number of nitrogens with zero attached hydrogens (tertiary/aromatic N) is 3. The van der Waals surface area contributed by atoms with Gasteiger partial charge in [0.05, 0.1) is 23.5 Å². The molecule has 268 valence electrons. The number of nitrogens with one attached hydrogen (secondary N) is 2. The highest BCUT2D eigenvalue weighted by molar-refractivity contribution is 7.89. The van der Waals surface area contributed by atoms with Crippen molar-refractivity contribution in [2.24, 2.45) is 23.7 Å². The van der Waals surface area contributed by atoms with Gasteiger partial charge in [0.1, 0.15) is 0 Å². The number of carbonyl (C=O) groups is 3. The second kappa shape index (κ2) is 19.3. The van der Waals surface area contributed by atoms with Gasteiger partial charge in [0, 0.05) is 58.5 Å². The van der Waals surface area contributed by atoms with Crippen LogP contribution < -0.4 is 10.7 Å². The van der Waals surface area contributed by atoms with Crippen LogP contribution in [0.2, 0.25) is 0 Å². The minimum Gasteiger partial charge on any atom is -0.393 e. The molecular formula is C33H63N5O7S. The quantitative estimate of drug-likeness (QED) is 0.162. The van der Waals surface area contributed by atoms with Crippen molar-refractivity contribution < 1.29 is 33.0 Å². The molecule has 2 fully saturated rings. The van der Waals surface area contributed by atoms with Crippen molar-refractivity contribution in [2.75, 3.05) is 40.3 Å². The zero-order valence-corrected chi connectivity index (χ0v) is 30.2.